The number of fused-ring (bicyclic) bond motifs is 4. The van der Waals surface area contributed by atoms with Gasteiger partial charge in [-0.15, -0.1) is 11.8 Å². The summed E-state index contributed by atoms with van der Waals surface area (Å²) in [5, 5.41) is 36.6. The van der Waals surface area contributed by atoms with Gasteiger partial charge in [0.2, 0.25) is 0 Å². The number of benzene rings is 4. The fraction of sp³-hybridized carbons (Fsp3) is 0.261. The Morgan fingerprint density at radius 1 is 0.812 bits per heavy atom. The molecule has 2 aliphatic rings. The molecule has 64 heavy (non-hydrogen) atoms. The number of rotatable bonds is 10. The Kier molecular flexibility index (Phi) is 10.3. The Balaban J connectivity index is 0.811. The summed E-state index contributed by atoms with van der Waals surface area (Å²) in [6.07, 6.45) is 5.42. The number of halogens is 3. The molecule has 7 heterocycles. The summed E-state index contributed by atoms with van der Waals surface area (Å²) in [7, 11) is 1.77. The highest BCUT2D eigenvalue weighted by Crippen LogP contribution is 2.40. The lowest BCUT2D eigenvalue weighted by atomic mass is 10.0. The lowest BCUT2D eigenvalue weighted by molar-refractivity contribution is 0.396. The van der Waals surface area contributed by atoms with Gasteiger partial charge < -0.3 is 35.5 Å². The number of piperazine rings is 2. The van der Waals surface area contributed by atoms with Crippen molar-refractivity contribution in [2.75, 3.05) is 59.7 Å². The molecule has 14 nitrogen and oxygen atoms in total. The zero-order chi connectivity index (χ0) is 43.6. The molecule has 4 aromatic carbocycles. The number of thioether (sulfide) groups is 1. The maximum atomic E-state index is 15.1. The minimum absolute atomic E-state index is 0.0846. The number of aryl methyl sites for hydroxylation is 2. The van der Waals surface area contributed by atoms with E-state index in [4.69, 9.17) is 11.6 Å². The van der Waals surface area contributed by atoms with Crippen molar-refractivity contribution < 1.29 is 8.78 Å². The first-order valence-electron chi connectivity index (χ1n) is 21.3. The number of aromatic amines is 2. The van der Waals surface area contributed by atoms with Crippen LogP contribution in [0.15, 0.2) is 90.2 Å². The molecule has 0 aliphatic carbocycles. The standard InChI is InChI=1S/C46H45ClF2N14S/c1-25-19-62(32-15-34(47)41-37(16-32)55-57-44(41)53-30-12-29-21-60(3)59-43(29)35(48)13-30)23-39(51-25)28-6-4-27(5-7-28)24-64-40-18-33(61-10-8-50-9-11-61)17-38-42(40)45(58-56-38)54-31-14-36(49)46-52-26(2)20-63(46)22-31/h4-7,12-18,20-22,25,39,50-51H,8-11,19,23-24H2,1-3H3,(H2,53,55,57)(H2,54,56,58)/t25-,39-/m1/s1. The second-order valence-electron chi connectivity index (χ2n) is 16.8. The summed E-state index contributed by atoms with van der Waals surface area (Å²) < 4.78 is 33.2. The van der Waals surface area contributed by atoms with Gasteiger partial charge in [-0.1, -0.05) is 35.9 Å². The van der Waals surface area contributed by atoms with Crippen molar-refractivity contribution in [1.82, 2.24) is 50.2 Å². The highest BCUT2D eigenvalue weighted by atomic mass is 35.5. The minimum atomic E-state index is -0.410. The summed E-state index contributed by atoms with van der Waals surface area (Å²) in [5.41, 5.74) is 8.73. The van der Waals surface area contributed by atoms with Gasteiger partial charge in [0.1, 0.15) is 5.52 Å². The average molecular weight is 899 g/mol. The molecule has 0 amide bonds. The molecule has 2 atom stereocenters. The smallest absolute Gasteiger partial charge is 0.173 e. The Hall–Kier alpha value is -6.40. The molecule has 326 valence electrons. The number of hydrogen-bond acceptors (Lipinski definition) is 11. The molecule has 0 unspecified atom stereocenters. The van der Waals surface area contributed by atoms with Crippen LogP contribution in [0.1, 0.15) is 29.8 Å². The van der Waals surface area contributed by atoms with Crippen LogP contribution in [-0.4, -0.2) is 84.9 Å². The van der Waals surface area contributed by atoms with Crippen LogP contribution in [0.25, 0.3) is 38.4 Å². The third-order valence-electron chi connectivity index (χ3n) is 12.0. The van der Waals surface area contributed by atoms with Crippen molar-refractivity contribution >= 4 is 96.1 Å². The van der Waals surface area contributed by atoms with E-state index in [0.717, 1.165) is 88.8 Å². The van der Waals surface area contributed by atoms with Gasteiger partial charge in [0, 0.05) is 110 Å². The topological polar surface area (TPSA) is 147 Å². The van der Waals surface area contributed by atoms with Gasteiger partial charge in [-0.05, 0) is 61.4 Å². The number of nitrogens with one attached hydrogen (secondary N) is 6. The quantitative estimate of drug-likeness (QED) is 0.0732. The lowest BCUT2D eigenvalue weighted by Crippen LogP contribution is -2.51. The van der Waals surface area contributed by atoms with E-state index < -0.39 is 11.6 Å². The maximum absolute atomic E-state index is 15.1. The minimum Gasteiger partial charge on any atom is -0.369 e. The lowest BCUT2D eigenvalue weighted by Gasteiger charge is -2.39. The predicted molar refractivity (Wildman–Crippen MR) is 253 cm³/mol. The van der Waals surface area contributed by atoms with Gasteiger partial charge in [-0.2, -0.15) is 15.3 Å². The largest absolute Gasteiger partial charge is 0.369 e. The van der Waals surface area contributed by atoms with Crippen molar-refractivity contribution in [3.05, 3.63) is 119 Å². The molecule has 11 rings (SSSR count). The van der Waals surface area contributed by atoms with Crippen LogP contribution in [0.5, 0.6) is 0 Å². The Bertz CT molecular complexity index is 3210. The molecule has 5 aromatic heterocycles. The van der Waals surface area contributed by atoms with Crippen LogP contribution in [-0.2, 0) is 12.8 Å². The van der Waals surface area contributed by atoms with E-state index in [2.05, 4.69) is 111 Å². The molecule has 2 saturated heterocycles. The van der Waals surface area contributed by atoms with Gasteiger partial charge in [0.15, 0.2) is 28.9 Å². The summed E-state index contributed by atoms with van der Waals surface area (Å²) in [6, 6.07) is 22.4. The Labute approximate surface area is 375 Å². The molecule has 0 saturated carbocycles. The van der Waals surface area contributed by atoms with Crippen LogP contribution >= 0.6 is 23.4 Å². The summed E-state index contributed by atoms with van der Waals surface area (Å²) in [6.45, 7) is 9.29. The average Bonchev–Trinajstić information content (AvgIpc) is 4.08. The van der Waals surface area contributed by atoms with Gasteiger partial charge in [-0.25, -0.2) is 13.8 Å². The molecule has 0 spiro atoms. The molecule has 0 bridgehead atoms. The molecule has 2 aliphatic heterocycles. The molecule has 18 heteroatoms. The fourth-order valence-corrected chi connectivity index (χ4v) is 10.5. The van der Waals surface area contributed by atoms with E-state index in [0.29, 0.717) is 44.6 Å². The molecule has 6 N–H and O–H groups in total. The predicted octanol–water partition coefficient (Wildman–Crippen LogP) is 8.94. The van der Waals surface area contributed by atoms with E-state index in [9.17, 15) is 4.39 Å². The number of H-pyrrole nitrogens is 2. The number of aromatic nitrogens is 8. The van der Waals surface area contributed by atoms with Gasteiger partial charge in [0.05, 0.1) is 44.3 Å². The number of anilines is 6. The van der Waals surface area contributed by atoms with E-state index in [-0.39, 0.29) is 12.1 Å². The zero-order valence-electron chi connectivity index (χ0n) is 35.3. The molecular formula is C46H45ClF2N14S. The van der Waals surface area contributed by atoms with Gasteiger partial charge >= 0.3 is 0 Å². The highest BCUT2D eigenvalue weighted by molar-refractivity contribution is 7.98. The van der Waals surface area contributed by atoms with Gasteiger partial charge in [-0.3, -0.25) is 14.9 Å². The molecule has 2 fully saturated rings. The molecular weight excluding hydrogens is 854 g/mol. The SMILES string of the molecule is Cc1cn2cc(Nc3n[nH]c4cc(N5CCNCC5)cc(SCc5ccc([C@H]6CN(c7cc(Cl)c8c(Nc9cc(F)c%10nn(C)cc%10c9)n[nH]c8c7)C[C@@H](C)N6)cc5)c34)cc(F)c2n1. The Morgan fingerprint density at radius 2 is 1.53 bits per heavy atom. The second-order valence-corrected chi connectivity index (χ2v) is 18.2. The van der Waals surface area contributed by atoms with Crippen molar-refractivity contribution in [2.45, 2.75) is 36.6 Å². The summed E-state index contributed by atoms with van der Waals surface area (Å²) in [4.78, 5) is 10.1. The Morgan fingerprint density at radius 3 is 2.33 bits per heavy atom. The molecule has 0 radical (unpaired) electrons. The zero-order valence-corrected chi connectivity index (χ0v) is 36.9. The first kappa shape index (κ1) is 40.4. The number of nitrogens with zero attached hydrogens (tertiary/aromatic N) is 8. The van der Waals surface area contributed by atoms with Crippen LogP contribution in [0.3, 0.4) is 0 Å². The number of hydrogen-bond donors (Lipinski definition) is 6. The van der Waals surface area contributed by atoms with Crippen LogP contribution in [0.4, 0.5) is 43.2 Å². The van der Waals surface area contributed by atoms with Crippen molar-refractivity contribution in [2.24, 2.45) is 7.05 Å². The van der Waals surface area contributed by atoms with Crippen LogP contribution in [0.2, 0.25) is 5.02 Å². The number of pyridine rings is 1. The monoisotopic (exact) mass is 898 g/mol. The van der Waals surface area contributed by atoms with E-state index in [1.807, 2.05) is 31.5 Å². The first-order chi connectivity index (χ1) is 31.1. The second kappa shape index (κ2) is 16.3. The van der Waals surface area contributed by atoms with Gasteiger partial charge in [0.25, 0.3) is 0 Å². The number of imidazole rings is 1. The van der Waals surface area contributed by atoms with Crippen LogP contribution < -0.4 is 31.1 Å². The van der Waals surface area contributed by atoms with Crippen molar-refractivity contribution in [3.63, 3.8) is 0 Å². The van der Waals surface area contributed by atoms with E-state index >= 15 is 4.39 Å². The maximum Gasteiger partial charge on any atom is 0.173 e. The van der Waals surface area contributed by atoms with E-state index in [1.165, 1.54) is 23.3 Å². The van der Waals surface area contributed by atoms with Crippen molar-refractivity contribution in [3.8, 4) is 0 Å². The third-order valence-corrected chi connectivity index (χ3v) is 13.5. The van der Waals surface area contributed by atoms with E-state index in [1.54, 1.807) is 34.1 Å². The summed E-state index contributed by atoms with van der Waals surface area (Å²) >= 11 is 8.75. The van der Waals surface area contributed by atoms with Crippen LogP contribution in [0, 0.1) is 18.6 Å². The summed E-state index contributed by atoms with van der Waals surface area (Å²) in [5.74, 6) is 1.09. The molecule has 9 aromatic rings. The highest BCUT2D eigenvalue weighted by Gasteiger charge is 2.27. The fourth-order valence-electron chi connectivity index (χ4n) is 9.08. The third kappa shape index (κ3) is 7.71. The first-order valence-corrected chi connectivity index (χ1v) is 22.6. The normalized spacial score (nSPS) is 17.1. The van der Waals surface area contributed by atoms with Crippen molar-refractivity contribution in [1.29, 1.82) is 0 Å².